The predicted octanol–water partition coefficient (Wildman–Crippen LogP) is 14.5. The van der Waals surface area contributed by atoms with Gasteiger partial charge in [-0.15, -0.1) is 0 Å². The third-order valence-corrected chi connectivity index (χ3v) is 10.7. The van der Waals surface area contributed by atoms with Crippen LogP contribution in [0, 0.1) is 0 Å². The lowest BCUT2D eigenvalue weighted by Gasteiger charge is -2.15. The smallest absolute Gasteiger partial charge is 0.160 e. The van der Waals surface area contributed by atoms with Crippen molar-refractivity contribution in [2.45, 2.75) is 0 Å². The maximum Gasteiger partial charge on any atom is 0.160 e. The molecule has 0 amide bonds. The Morgan fingerprint density at radius 3 is 1.30 bits per heavy atom. The summed E-state index contributed by atoms with van der Waals surface area (Å²) in [6, 6.07) is 77.6. The monoisotopic (exact) mass is 712 g/mol. The lowest BCUT2D eigenvalue weighted by atomic mass is 9.94. The van der Waals surface area contributed by atoms with Gasteiger partial charge in [0.05, 0.1) is 11.2 Å². The maximum atomic E-state index is 5.34. The molecule has 0 bridgehead atoms. The van der Waals surface area contributed by atoms with Crippen LogP contribution in [0.15, 0.2) is 218 Å². The van der Waals surface area contributed by atoms with Crippen molar-refractivity contribution >= 4 is 21.7 Å². The van der Waals surface area contributed by atoms with Crippen LogP contribution < -0.4 is 0 Å². The SMILES string of the molecule is c1ccc(-c2cccc(-c3cccc(-c4cccc(-c5ccc(-c6nc(-c7ccccc7-c7ccccc7)c7ccc8ccccc8c7n6)cc5)c4)c3)c2)cc1. The predicted molar refractivity (Wildman–Crippen MR) is 235 cm³/mol. The number of rotatable bonds is 7. The van der Waals surface area contributed by atoms with Gasteiger partial charge < -0.3 is 0 Å². The van der Waals surface area contributed by atoms with E-state index in [4.69, 9.17) is 9.97 Å². The van der Waals surface area contributed by atoms with Crippen LogP contribution >= 0.6 is 0 Å². The number of fused-ring (bicyclic) bond motifs is 3. The second-order valence-corrected chi connectivity index (χ2v) is 14.2. The molecule has 0 N–H and O–H groups in total. The zero-order valence-electron chi connectivity index (χ0n) is 30.7. The first-order valence-corrected chi connectivity index (χ1v) is 19.1. The molecule has 2 heteroatoms. The summed E-state index contributed by atoms with van der Waals surface area (Å²) in [6.07, 6.45) is 0. The van der Waals surface area contributed by atoms with Gasteiger partial charge in [-0.25, -0.2) is 9.97 Å². The van der Waals surface area contributed by atoms with Gasteiger partial charge in [-0.1, -0.05) is 194 Å². The molecule has 0 fully saturated rings. The van der Waals surface area contributed by atoms with Crippen molar-refractivity contribution in [3.05, 3.63) is 218 Å². The Labute approximate surface area is 327 Å². The molecule has 0 saturated heterocycles. The van der Waals surface area contributed by atoms with Crippen LogP contribution in [-0.4, -0.2) is 9.97 Å². The molecule has 9 aromatic carbocycles. The first-order chi connectivity index (χ1) is 27.7. The second kappa shape index (κ2) is 14.4. The molecule has 262 valence electrons. The van der Waals surface area contributed by atoms with E-state index in [0.29, 0.717) is 5.82 Å². The van der Waals surface area contributed by atoms with Gasteiger partial charge in [-0.3, -0.25) is 0 Å². The summed E-state index contributed by atoms with van der Waals surface area (Å²) >= 11 is 0. The Morgan fingerprint density at radius 1 is 0.250 bits per heavy atom. The van der Waals surface area contributed by atoms with Gasteiger partial charge in [0.2, 0.25) is 0 Å². The van der Waals surface area contributed by atoms with E-state index < -0.39 is 0 Å². The molecule has 0 unspecified atom stereocenters. The van der Waals surface area contributed by atoms with Gasteiger partial charge in [0.25, 0.3) is 0 Å². The Kier molecular flexibility index (Phi) is 8.55. The molecule has 1 aromatic heterocycles. The van der Waals surface area contributed by atoms with Crippen LogP contribution in [0.3, 0.4) is 0 Å². The van der Waals surface area contributed by atoms with Crippen LogP contribution in [0.4, 0.5) is 0 Å². The molecular formula is C54H36N2. The molecule has 10 aromatic rings. The van der Waals surface area contributed by atoms with Crippen molar-refractivity contribution in [2.24, 2.45) is 0 Å². The number of hydrogen-bond acceptors (Lipinski definition) is 2. The minimum atomic E-state index is 0.708. The summed E-state index contributed by atoms with van der Waals surface area (Å²) in [5.41, 5.74) is 15.8. The third-order valence-electron chi connectivity index (χ3n) is 10.7. The first-order valence-electron chi connectivity index (χ1n) is 19.1. The van der Waals surface area contributed by atoms with E-state index in [-0.39, 0.29) is 0 Å². The van der Waals surface area contributed by atoms with Crippen molar-refractivity contribution in [3.8, 4) is 78.3 Å². The van der Waals surface area contributed by atoms with E-state index in [9.17, 15) is 0 Å². The highest BCUT2D eigenvalue weighted by Gasteiger charge is 2.17. The molecule has 0 saturated carbocycles. The zero-order chi connectivity index (χ0) is 37.3. The summed E-state index contributed by atoms with van der Waals surface area (Å²) in [5, 5.41) is 3.32. The molecule has 2 nitrogen and oxygen atoms in total. The van der Waals surface area contributed by atoms with Crippen LogP contribution in [0.2, 0.25) is 0 Å². The Hall–Kier alpha value is -7.42. The molecule has 0 aliphatic heterocycles. The fourth-order valence-corrected chi connectivity index (χ4v) is 7.83. The van der Waals surface area contributed by atoms with Crippen LogP contribution in [0.5, 0.6) is 0 Å². The second-order valence-electron chi connectivity index (χ2n) is 14.2. The van der Waals surface area contributed by atoms with Crippen molar-refractivity contribution in [3.63, 3.8) is 0 Å². The summed E-state index contributed by atoms with van der Waals surface area (Å²) in [6.45, 7) is 0. The Bertz CT molecular complexity index is 3000. The molecule has 1 heterocycles. The molecule has 0 atom stereocenters. The molecule has 0 aliphatic carbocycles. The lowest BCUT2D eigenvalue weighted by Crippen LogP contribution is -1.97. The third kappa shape index (κ3) is 6.34. The number of benzene rings is 9. The standard InChI is InChI=1S/C54H36N2/c1-3-14-37(15-4-1)42-19-11-21-44(34-42)46-23-13-24-47(36-46)45-22-12-20-43(35-45)38-28-30-41(31-29-38)54-55-52-49-26-8-7-18-40(49)32-33-51(52)53(56-54)50-27-10-9-25-48(50)39-16-5-2-6-17-39/h1-36H. The van der Waals surface area contributed by atoms with Gasteiger partial charge in [0.1, 0.15) is 0 Å². The van der Waals surface area contributed by atoms with Crippen LogP contribution in [-0.2, 0) is 0 Å². The fraction of sp³-hybridized carbons (Fsp3) is 0. The average Bonchev–Trinajstić information content (AvgIpc) is 3.29. The van der Waals surface area contributed by atoms with Gasteiger partial charge in [-0.05, 0) is 85.3 Å². The Morgan fingerprint density at radius 2 is 0.696 bits per heavy atom. The van der Waals surface area contributed by atoms with E-state index in [1.54, 1.807) is 0 Å². The van der Waals surface area contributed by atoms with Crippen molar-refractivity contribution in [1.82, 2.24) is 9.97 Å². The molecule has 0 spiro atoms. The molecule has 0 radical (unpaired) electrons. The van der Waals surface area contributed by atoms with E-state index >= 15 is 0 Å². The van der Waals surface area contributed by atoms with Gasteiger partial charge >= 0.3 is 0 Å². The van der Waals surface area contributed by atoms with E-state index in [0.717, 1.165) is 60.8 Å². The summed E-state index contributed by atoms with van der Waals surface area (Å²) in [4.78, 5) is 10.6. The number of aromatic nitrogens is 2. The highest BCUT2D eigenvalue weighted by Crippen LogP contribution is 2.38. The molecule has 56 heavy (non-hydrogen) atoms. The number of nitrogens with zero attached hydrogens (tertiary/aromatic N) is 2. The number of hydrogen-bond donors (Lipinski definition) is 0. The minimum absolute atomic E-state index is 0.708. The first kappa shape index (κ1) is 33.2. The summed E-state index contributed by atoms with van der Waals surface area (Å²) in [7, 11) is 0. The van der Waals surface area contributed by atoms with Gasteiger partial charge in [0, 0.05) is 21.9 Å². The summed E-state index contributed by atoms with van der Waals surface area (Å²) < 4.78 is 0. The molecule has 0 aliphatic rings. The topological polar surface area (TPSA) is 25.8 Å². The van der Waals surface area contributed by atoms with E-state index in [1.165, 1.54) is 33.4 Å². The summed E-state index contributed by atoms with van der Waals surface area (Å²) in [5.74, 6) is 0.708. The highest BCUT2D eigenvalue weighted by molar-refractivity contribution is 6.10. The van der Waals surface area contributed by atoms with Crippen LogP contribution in [0.1, 0.15) is 0 Å². The quantitative estimate of drug-likeness (QED) is 0.154. The zero-order valence-corrected chi connectivity index (χ0v) is 30.7. The lowest BCUT2D eigenvalue weighted by molar-refractivity contribution is 1.23. The van der Waals surface area contributed by atoms with Crippen molar-refractivity contribution < 1.29 is 0 Å². The maximum absolute atomic E-state index is 5.34. The normalized spacial score (nSPS) is 11.2. The molecule has 10 rings (SSSR count). The van der Waals surface area contributed by atoms with Crippen LogP contribution in [0.25, 0.3) is 100.0 Å². The van der Waals surface area contributed by atoms with Crippen molar-refractivity contribution in [1.29, 1.82) is 0 Å². The van der Waals surface area contributed by atoms with Crippen molar-refractivity contribution in [2.75, 3.05) is 0 Å². The highest BCUT2D eigenvalue weighted by atomic mass is 14.9. The minimum Gasteiger partial charge on any atom is -0.227 e. The average molecular weight is 713 g/mol. The van der Waals surface area contributed by atoms with Gasteiger partial charge in [-0.2, -0.15) is 0 Å². The van der Waals surface area contributed by atoms with E-state index in [2.05, 4.69) is 218 Å². The fourth-order valence-electron chi connectivity index (χ4n) is 7.83. The molecular weight excluding hydrogens is 677 g/mol. The van der Waals surface area contributed by atoms with E-state index in [1.807, 2.05) is 0 Å². The largest absolute Gasteiger partial charge is 0.227 e. The van der Waals surface area contributed by atoms with Gasteiger partial charge in [0.15, 0.2) is 5.82 Å². The Balaban J connectivity index is 1.01.